The molecule has 13 nitrogen and oxygen atoms in total. The molecule has 1 aromatic heterocycles. The number of hydrogen-bond donors (Lipinski definition) is 2. The van der Waals surface area contributed by atoms with Gasteiger partial charge in [-0.2, -0.15) is 0 Å². The van der Waals surface area contributed by atoms with Gasteiger partial charge in [-0.1, -0.05) is 51.3 Å². The summed E-state index contributed by atoms with van der Waals surface area (Å²) in [5.74, 6) is -0.0195. The molecule has 278 valence electrons. The maximum atomic E-state index is 13.2. The molecule has 1 saturated carbocycles. The summed E-state index contributed by atoms with van der Waals surface area (Å²) in [6.07, 6.45) is 7.03. The van der Waals surface area contributed by atoms with Crippen LogP contribution in [0.3, 0.4) is 0 Å². The highest BCUT2D eigenvalue weighted by molar-refractivity contribution is 5.92. The Labute approximate surface area is 303 Å². The van der Waals surface area contributed by atoms with E-state index in [0.717, 1.165) is 18.4 Å². The maximum Gasteiger partial charge on any atom is 0.415 e. The second-order valence-electron chi connectivity index (χ2n) is 13.7. The number of piperazine rings is 1. The normalized spacial score (nSPS) is 16.1. The van der Waals surface area contributed by atoms with Crippen molar-refractivity contribution in [3.63, 3.8) is 0 Å². The molecule has 2 aliphatic rings. The number of carbonyl (C=O) groups excluding carboxylic acids is 5. The highest BCUT2D eigenvalue weighted by Gasteiger charge is 2.29. The summed E-state index contributed by atoms with van der Waals surface area (Å²) < 4.78 is 22.0. The smallest absolute Gasteiger partial charge is 0.415 e. The van der Waals surface area contributed by atoms with Crippen molar-refractivity contribution in [1.82, 2.24) is 20.4 Å². The lowest BCUT2D eigenvalue weighted by atomic mass is 9.84. The third kappa shape index (κ3) is 10.6. The summed E-state index contributed by atoms with van der Waals surface area (Å²) in [5, 5.41) is 5.43. The molecule has 2 heterocycles. The number of amides is 4. The van der Waals surface area contributed by atoms with E-state index in [9.17, 15) is 24.0 Å². The lowest BCUT2D eigenvalue weighted by Gasteiger charge is -2.33. The Morgan fingerprint density at radius 2 is 1.44 bits per heavy atom. The van der Waals surface area contributed by atoms with Gasteiger partial charge in [-0.25, -0.2) is 9.59 Å². The summed E-state index contributed by atoms with van der Waals surface area (Å²) in [6.45, 7) is 6.42. The van der Waals surface area contributed by atoms with Gasteiger partial charge in [-0.05, 0) is 86.1 Å². The summed E-state index contributed by atoms with van der Waals surface area (Å²) in [6, 6.07) is 15.1. The summed E-state index contributed by atoms with van der Waals surface area (Å²) in [7, 11) is 0. The van der Waals surface area contributed by atoms with E-state index >= 15 is 0 Å². The first kappa shape index (κ1) is 37.9. The molecular weight excluding hydrogens is 668 g/mol. The first-order valence-corrected chi connectivity index (χ1v) is 18.0. The molecular formula is C39H48N4O9. The first-order chi connectivity index (χ1) is 25.1. The topological polar surface area (TPSA) is 157 Å². The van der Waals surface area contributed by atoms with Crippen molar-refractivity contribution in [1.29, 1.82) is 0 Å². The third-order valence-electron chi connectivity index (χ3n) is 9.20. The maximum absolute atomic E-state index is 13.2. The SMILES string of the molecule is CC(C)C[C@H](NC(=O)COc1ccccc1C1CCCCC1)C(=O)N[C@@H](C)C(=O)Oc1ccc(OC(=O)N2CCN(C(=O)c3ccco3)CC2)cc1. The highest BCUT2D eigenvalue weighted by atomic mass is 16.6. The van der Waals surface area contributed by atoms with Crippen LogP contribution < -0.4 is 24.8 Å². The van der Waals surface area contributed by atoms with Gasteiger partial charge in [0.25, 0.3) is 11.8 Å². The van der Waals surface area contributed by atoms with Gasteiger partial charge < -0.3 is 39.1 Å². The van der Waals surface area contributed by atoms with Gasteiger partial charge in [0, 0.05) is 26.2 Å². The molecule has 52 heavy (non-hydrogen) atoms. The van der Waals surface area contributed by atoms with E-state index in [1.165, 1.54) is 61.6 Å². The molecule has 5 rings (SSSR count). The molecule has 4 amide bonds. The molecule has 0 bridgehead atoms. The predicted octanol–water partition coefficient (Wildman–Crippen LogP) is 5.30. The number of nitrogens with zero attached hydrogens (tertiary/aromatic N) is 2. The van der Waals surface area contributed by atoms with Crippen molar-refractivity contribution in [3.05, 3.63) is 78.3 Å². The Hall–Kier alpha value is -5.33. The molecule has 0 spiro atoms. The standard InChI is InChI=1S/C39H48N4O9/c1-26(2)24-32(41-35(44)25-50-33-13-8-7-12-31(33)28-10-5-4-6-11-28)36(45)40-27(3)38(47)51-29-15-17-30(18-16-29)52-39(48)43-21-19-42(20-22-43)37(46)34-14-9-23-49-34/h7-9,12-18,23,26-28,32H,4-6,10-11,19-22,24-25H2,1-3H3,(H,40,45)(H,41,44)/t27-,32-/m0/s1. The van der Waals surface area contributed by atoms with E-state index in [2.05, 4.69) is 16.7 Å². The van der Waals surface area contributed by atoms with E-state index in [1.54, 1.807) is 17.0 Å². The number of rotatable bonds is 13. The summed E-state index contributed by atoms with van der Waals surface area (Å²) >= 11 is 0. The Kier molecular flexibility index (Phi) is 13.3. The van der Waals surface area contributed by atoms with E-state index < -0.39 is 36.0 Å². The lowest BCUT2D eigenvalue weighted by Crippen LogP contribution is -2.52. The molecule has 2 atom stereocenters. The van der Waals surface area contributed by atoms with Gasteiger partial charge in [0.2, 0.25) is 5.91 Å². The molecule has 0 radical (unpaired) electrons. The quantitative estimate of drug-likeness (QED) is 0.177. The van der Waals surface area contributed by atoms with E-state index in [-0.39, 0.29) is 35.7 Å². The van der Waals surface area contributed by atoms with Crippen LogP contribution in [0, 0.1) is 5.92 Å². The number of hydrogen-bond acceptors (Lipinski definition) is 9. The number of ether oxygens (including phenoxy) is 3. The second kappa shape index (κ2) is 18.2. The third-order valence-corrected chi connectivity index (χ3v) is 9.20. The van der Waals surface area contributed by atoms with Crippen LogP contribution in [-0.4, -0.2) is 84.5 Å². The zero-order valence-electron chi connectivity index (χ0n) is 30.0. The highest BCUT2D eigenvalue weighted by Crippen LogP contribution is 2.37. The van der Waals surface area contributed by atoms with Crippen molar-refractivity contribution in [2.75, 3.05) is 32.8 Å². The van der Waals surface area contributed by atoms with Crippen LogP contribution in [0.1, 0.15) is 81.3 Å². The fraction of sp³-hybridized carbons (Fsp3) is 0.462. The molecule has 3 aromatic rings. The summed E-state index contributed by atoms with van der Waals surface area (Å²) in [4.78, 5) is 67.4. The number of esters is 1. The van der Waals surface area contributed by atoms with Crippen LogP contribution in [-0.2, 0) is 14.4 Å². The van der Waals surface area contributed by atoms with Gasteiger partial charge >= 0.3 is 12.1 Å². The van der Waals surface area contributed by atoms with E-state index in [4.69, 9.17) is 18.6 Å². The van der Waals surface area contributed by atoms with E-state index in [1.807, 2.05) is 32.0 Å². The summed E-state index contributed by atoms with van der Waals surface area (Å²) in [5.41, 5.74) is 1.11. The zero-order valence-corrected chi connectivity index (χ0v) is 30.0. The molecule has 2 N–H and O–H groups in total. The van der Waals surface area contributed by atoms with Gasteiger partial charge in [0.1, 0.15) is 29.3 Å². The van der Waals surface area contributed by atoms with Gasteiger partial charge in [0.15, 0.2) is 12.4 Å². The number of furan rings is 1. The molecule has 13 heteroatoms. The largest absolute Gasteiger partial charge is 0.483 e. The number of nitrogens with one attached hydrogen (secondary N) is 2. The minimum Gasteiger partial charge on any atom is -0.483 e. The van der Waals surface area contributed by atoms with Gasteiger partial charge in [0.05, 0.1) is 6.26 Å². The minimum absolute atomic E-state index is 0.0833. The van der Waals surface area contributed by atoms with Crippen LogP contribution >= 0.6 is 0 Å². The molecule has 2 fully saturated rings. The molecule has 0 unspecified atom stereocenters. The number of carbonyl (C=O) groups is 5. The van der Waals surface area contributed by atoms with E-state index in [0.29, 0.717) is 44.3 Å². The van der Waals surface area contributed by atoms with Crippen molar-refractivity contribution >= 4 is 29.8 Å². The van der Waals surface area contributed by atoms with Crippen molar-refractivity contribution in [2.24, 2.45) is 5.92 Å². The number of para-hydroxylation sites is 1. The average molecular weight is 717 g/mol. The molecule has 1 saturated heterocycles. The monoisotopic (exact) mass is 716 g/mol. The van der Waals surface area contributed by atoms with Crippen LogP contribution in [0.25, 0.3) is 0 Å². The van der Waals surface area contributed by atoms with Crippen LogP contribution in [0.5, 0.6) is 17.2 Å². The van der Waals surface area contributed by atoms with Crippen molar-refractivity contribution < 1.29 is 42.6 Å². The zero-order chi connectivity index (χ0) is 37.0. The van der Waals surface area contributed by atoms with Crippen LogP contribution in [0.2, 0.25) is 0 Å². The fourth-order valence-corrected chi connectivity index (χ4v) is 6.41. The van der Waals surface area contributed by atoms with Crippen molar-refractivity contribution in [2.45, 2.75) is 77.3 Å². The Bertz CT molecular complexity index is 1660. The van der Waals surface area contributed by atoms with Crippen LogP contribution in [0.4, 0.5) is 4.79 Å². The Morgan fingerprint density at radius 1 is 0.788 bits per heavy atom. The average Bonchev–Trinajstić information content (AvgIpc) is 3.70. The molecule has 1 aliphatic carbocycles. The second-order valence-corrected chi connectivity index (χ2v) is 13.7. The Balaban J connectivity index is 1.06. The molecule has 2 aromatic carbocycles. The van der Waals surface area contributed by atoms with Gasteiger partial charge in [-0.15, -0.1) is 0 Å². The Morgan fingerprint density at radius 3 is 2.10 bits per heavy atom. The van der Waals surface area contributed by atoms with Crippen LogP contribution in [0.15, 0.2) is 71.3 Å². The minimum atomic E-state index is -1.02. The van der Waals surface area contributed by atoms with Crippen molar-refractivity contribution in [3.8, 4) is 17.2 Å². The first-order valence-electron chi connectivity index (χ1n) is 18.0. The van der Waals surface area contributed by atoms with Gasteiger partial charge in [-0.3, -0.25) is 14.4 Å². The lowest BCUT2D eigenvalue weighted by molar-refractivity contribution is -0.139. The predicted molar refractivity (Wildman–Crippen MR) is 191 cm³/mol. The number of benzene rings is 2. The fourth-order valence-electron chi connectivity index (χ4n) is 6.41. The molecule has 1 aliphatic heterocycles.